The van der Waals surface area contributed by atoms with Crippen LogP contribution >= 0.6 is 0 Å². The molecule has 2 unspecified atom stereocenters. The van der Waals surface area contributed by atoms with E-state index in [4.69, 9.17) is 0 Å². The lowest BCUT2D eigenvalue weighted by Crippen LogP contribution is -2.35. The van der Waals surface area contributed by atoms with Gasteiger partial charge in [0.2, 0.25) is 0 Å². The Balaban J connectivity index is 0.000000232. The van der Waals surface area contributed by atoms with E-state index >= 15 is 0 Å². The zero-order chi connectivity index (χ0) is 22.4. The minimum absolute atomic E-state index is 0.165. The van der Waals surface area contributed by atoms with E-state index in [1.54, 1.807) is 12.1 Å². The molecule has 1 nitrogen and oxygen atoms in total. The quantitative estimate of drug-likeness (QED) is 0.471. The van der Waals surface area contributed by atoms with Crippen LogP contribution in [0.15, 0.2) is 55.1 Å². The third-order valence-corrected chi connectivity index (χ3v) is 7.31. The highest BCUT2D eigenvalue weighted by Crippen LogP contribution is 2.50. The van der Waals surface area contributed by atoms with Crippen LogP contribution in [0.5, 0.6) is 0 Å². The first kappa shape index (κ1) is 24.3. The predicted octanol–water partition coefficient (Wildman–Crippen LogP) is 7.76. The summed E-state index contributed by atoms with van der Waals surface area (Å²) in [6.45, 7) is 20.7. The average molecular weight is 410 g/mol. The lowest BCUT2D eigenvalue weighted by atomic mass is 9.65. The molecule has 0 aliphatic carbocycles. The Bertz CT molecular complexity index is 810. The van der Waals surface area contributed by atoms with Crippen molar-refractivity contribution in [3.8, 4) is 0 Å². The highest BCUT2D eigenvalue weighted by Gasteiger charge is 2.49. The summed E-state index contributed by atoms with van der Waals surface area (Å²) in [4.78, 5) is 2.64. The first-order valence-corrected chi connectivity index (χ1v) is 11.4. The number of hydrogen-bond acceptors (Lipinski definition) is 1. The van der Waals surface area contributed by atoms with Gasteiger partial charge >= 0.3 is 0 Å². The molecule has 164 valence electrons. The second kappa shape index (κ2) is 10.4. The van der Waals surface area contributed by atoms with Gasteiger partial charge in [-0.2, -0.15) is 0 Å². The molecule has 0 saturated carbocycles. The Kier molecular flexibility index (Phi) is 8.43. The molecule has 2 aromatic rings. The van der Waals surface area contributed by atoms with E-state index in [1.807, 2.05) is 19.9 Å². The largest absolute Gasteiger partial charge is 0.298 e. The molecule has 0 N–H and O–H groups in total. The standard InChI is InChI=1S/C17H27N.C11H13F/c1-5-16(3)13-18(14-17(16,4)6-2)12-15-10-8-7-9-11-15;1-4-9-5-6-10(8(2)3)11(12)7-9/h7-11H,5-6,12-14H2,1-4H3;5-7H,2,4H2,1,3H3. The Hall–Kier alpha value is -1.93. The monoisotopic (exact) mass is 409 g/mol. The summed E-state index contributed by atoms with van der Waals surface area (Å²) >= 11 is 0. The molecule has 3 rings (SSSR count). The van der Waals surface area contributed by atoms with Gasteiger partial charge in [-0.1, -0.05) is 83.7 Å². The number of rotatable bonds is 6. The molecule has 1 fully saturated rings. The van der Waals surface area contributed by atoms with Gasteiger partial charge in [-0.05, 0) is 59.8 Å². The molecule has 1 saturated heterocycles. The molecular weight excluding hydrogens is 369 g/mol. The summed E-state index contributed by atoms with van der Waals surface area (Å²) < 4.78 is 13.2. The summed E-state index contributed by atoms with van der Waals surface area (Å²) in [5.41, 5.74) is 4.80. The predicted molar refractivity (Wildman–Crippen MR) is 129 cm³/mol. The number of likely N-dealkylation sites (tertiary alicyclic amines) is 1. The fourth-order valence-electron chi connectivity index (χ4n) is 4.58. The van der Waals surface area contributed by atoms with Crippen LogP contribution in [-0.4, -0.2) is 18.0 Å². The molecule has 0 aromatic heterocycles. The van der Waals surface area contributed by atoms with Gasteiger partial charge in [-0.25, -0.2) is 4.39 Å². The minimum Gasteiger partial charge on any atom is -0.298 e. The van der Waals surface area contributed by atoms with E-state index < -0.39 is 0 Å². The summed E-state index contributed by atoms with van der Waals surface area (Å²) in [7, 11) is 0. The van der Waals surface area contributed by atoms with Crippen molar-refractivity contribution in [3.05, 3.63) is 77.6 Å². The lowest BCUT2D eigenvalue weighted by molar-refractivity contribution is 0.124. The average Bonchev–Trinajstić information content (AvgIpc) is 2.99. The molecule has 1 aliphatic heterocycles. The number of nitrogens with zero attached hydrogens (tertiary/aromatic N) is 1. The van der Waals surface area contributed by atoms with E-state index in [1.165, 1.54) is 31.5 Å². The number of benzene rings is 2. The topological polar surface area (TPSA) is 3.24 Å². The van der Waals surface area contributed by atoms with Crippen molar-refractivity contribution in [2.24, 2.45) is 10.8 Å². The molecule has 2 atom stereocenters. The molecule has 2 heteroatoms. The van der Waals surface area contributed by atoms with Crippen LogP contribution in [0.3, 0.4) is 0 Å². The van der Waals surface area contributed by atoms with Crippen LogP contribution in [0, 0.1) is 16.6 Å². The maximum atomic E-state index is 13.2. The smallest absolute Gasteiger partial charge is 0.130 e. The molecule has 0 bridgehead atoms. The van der Waals surface area contributed by atoms with E-state index in [0.717, 1.165) is 24.1 Å². The molecule has 0 spiro atoms. The first-order valence-electron chi connectivity index (χ1n) is 11.4. The normalized spacial score (nSPS) is 23.7. The molecule has 1 heterocycles. The number of halogens is 1. The van der Waals surface area contributed by atoms with E-state index in [9.17, 15) is 4.39 Å². The third kappa shape index (κ3) is 5.60. The zero-order valence-electron chi connectivity index (χ0n) is 19.9. The highest BCUT2D eigenvalue weighted by atomic mass is 19.1. The maximum Gasteiger partial charge on any atom is 0.130 e. The van der Waals surface area contributed by atoms with Gasteiger partial charge in [0.1, 0.15) is 5.82 Å². The Morgan fingerprint density at radius 2 is 1.50 bits per heavy atom. The van der Waals surface area contributed by atoms with Crippen molar-refractivity contribution in [2.45, 2.75) is 67.3 Å². The zero-order valence-corrected chi connectivity index (χ0v) is 19.9. The van der Waals surface area contributed by atoms with Crippen LogP contribution in [0.1, 0.15) is 71.1 Å². The van der Waals surface area contributed by atoms with Gasteiger partial charge in [0.05, 0.1) is 0 Å². The van der Waals surface area contributed by atoms with Crippen molar-refractivity contribution in [2.75, 3.05) is 13.1 Å². The fourth-order valence-corrected chi connectivity index (χ4v) is 4.58. The van der Waals surface area contributed by atoms with Crippen molar-refractivity contribution in [3.63, 3.8) is 0 Å². The molecule has 0 amide bonds. The second-order valence-corrected chi connectivity index (χ2v) is 9.41. The fraction of sp³-hybridized carbons (Fsp3) is 0.500. The van der Waals surface area contributed by atoms with Gasteiger partial charge in [0.15, 0.2) is 0 Å². The van der Waals surface area contributed by atoms with Crippen molar-refractivity contribution >= 4 is 5.57 Å². The lowest BCUT2D eigenvalue weighted by Gasteiger charge is -2.38. The van der Waals surface area contributed by atoms with Crippen molar-refractivity contribution < 1.29 is 4.39 Å². The number of hydrogen-bond donors (Lipinski definition) is 0. The first-order chi connectivity index (χ1) is 14.2. The van der Waals surface area contributed by atoms with Crippen LogP contribution in [0.4, 0.5) is 4.39 Å². The van der Waals surface area contributed by atoms with Crippen LogP contribution in [0.2, 0.25) is 0 Å². The number of aryl methyl sites for hydroxylation is 1. The van der Waals surface area contributed by atoms with Gasteiger partial charge < -0.3 is 0 Å². The minimum atomic E-state index is -0.165. The van der Waals surface area contributed by atoms with Crippen LogP contribution in [-0.2, 0) is 13.0 Å². The number of allylic oxidation sites excluding steroid dienone is 1. The SMILES string of the molecule is C=C(C)c1ccc(CC)cc1F.CCC1(C)CN(Cc2ccccc2)CC1(C)CC. The highest BCUT2D eigenvalue weighted by molar-refractivity contribution is 5.62. The summed E-state index contributed by atoms with van der Waals surface area (Å²) in [5, 5.41) is 0. The van der Waals surface area contributed by atoms with E-state index in [-0.39, 0.29) is 5.82 Å². The van der Waals surface area contributed by atoms with Gasteiger partial charge in [0, 0.05) is 25.2 Å². The molecule has 0 radical (unpaired) electrons. The van der Waals surface area contributed by atoms with Crippen LogP contribution in [0.25, 0.3) is 5.57 Å². The second-order valence-electron chi connectivity index (χ2n) is 9.41. The Morgan fingerprint density at radius 1 is 0.933 bits per heavy atom. The Morgan fingerprint density at radius 3 is 1.93 bits per heavy atom. The summed E-state index contributed by atoms with van der Waals surface area (Å²) in [6, 6.07) is 16.2. The van der Waals surface area contributed by atoms with Gasteiger partial charge in [0.25, 0.3) is 0 Å². The van der Waals surface area contributed by atoms with E-state index in [0.29, 0.717) is 16.4 Å². The van der Waals surface area contributed by atoms with Gasteiger partial charge in [-0.15, -0.1) is 0 Å². The molecule has 30 heavy (non-hydrogen) atoms. The molecule has 2 aromatic carbocycles. The third-order valence-electron chi connectivity index (χ3n) is 7.31. The summed E-state index contributed by atoms with van der Waals surface area (Å²) in [6.07, 6.45) is 3.43. The summed E-state index contributed by atoms with van der Waals surface area (Å²) in [5.74, 6) is -0.165. The molecule has 1 aliphatic rings. The van der Waals surface area contributed by atoms with Gasteiger partial charge in [-0.3, -0.25) is 4.90 Å². The molecular formula is C28H40FN. The van der Waals surface area contributed by atoms with Crippen LogP contribution < -0.4 is 0 Å². The van der Waals surface area contributed by atoms with Crippen molar-refractivity contribution in [1.29, 1.82) is 0 Å². The van der Waals surface area contributed by atoms with Crippen molar-refractivity contribution in [1.82, 2.24) is 4.90 Å². The maximum absolute atomic E-state index is 13.2. The van der Waals surface area contributed by atoms with E-state index in [2.05, 4.69) is 69.5 Å². The Labute approximate surface area is 184 Å².